The average Bonchev–Trinajstić information content (AvgIpc) is 2.83. The van der Waals surface area contributed by atoms with Crippen LogP contribution in [0.25, 0.3) is 0 Å². The molecule has 4 nitrogen and oxygen atoms in total. The molecule has 0 unspecified atom stereocenters. The van der Waals surface area contributed by atoms with Crippen LogP contribution in [-0.4, -0.2) is 34.7 Å². The van der Waals surface area contributed by atoms with Gasteiger partial charge >= 0.3 is 0 Å². The normalized spacial score (nSPS) is 16.6. The van der Waals surface area contributed by atoms with Gasteiger partial charge in [-0.1, -0.05) is 86.8 Å². The Balaban J connectivity index is 1.94. The van der Waals surface area contributed by atoms with E-state index < -0.39 is 0 Å². The Bertz CT molecular complexity index is 1140. The minimum absolute atomic E-state index is 0.00394. The maximum absolute atomic E-state index is 10.9. The Kier molecular flexibility index (Phi) is 8.93. The number of aliphatic imine (C=N–C) groups is 2. The Morgan fingerprint density at radius 2 is 1.19 bits per heavy atom. The molecule has 3 rings (SSSR count). The summed E-state index contributed by atoms with van der Waals surface area (Å²) in [4.78, 5) is 9.99. The molecule has 0 saturated heterocycles. The van der Waals surface area contributed by atoms with E-state index in [0.29, 0.717) is 18.0 Å². The van der Waals surface area contributed by atoms with Gasteiger partial charge in [-0.2, -0.15) is 0 Å². The first-order valence-electron chi connectivity index (χ1n) is 14.1. The molecule has 0 aromatic heterocycles. The summed E-state index contributed by atoms with van der Waals surface area (Å²) in [5, 5.41) is 21.8. The van der Waals surface area contributed by atoms with Crippen LogP contribution in [0.1, 0.15) is 121 Å². The third-order valence-corrected chi connectivity index (χ3v) is 7.81. The summed E-state index contributed by atoms with van der Waals surface area (Å²) in [7, 11) is 0. The van der Waals surface area contributed by atoms with Crippen molar-refractivity contribution in [2.75, 3.05) is 6.54 Å². The Labute approximate surface area is 225 Å². The van der Waals surface area contributed by atoms with Crippen molar-refractivity contribution in [3.05, 3.63) is 57.6 Å². The summed E-state index contributed by atoms with van der Waals surface area (Å²) in [6.07, 6.45) is 10.7. The molecule has 0 heterocycles. The molecule has 2 aromatic rings. The van der Waals surface area contributed by atoms with Gasteiger partial charge in [-0.3, -0.25) is 9.98 Å². The van der Waals surface area contributed by atoms with Crippen LogP contribution in [0, 0.1) is 0 Å². The van der Waals surface area contributed by atoms with Crippen LogP contribution in [-0.2, 0) is 23.7 Å². The van der Waals surface area contributed by atoms with E-state index in [1.165, 1.54) is 17.5 Å². The highest BCUT2D eigenvalue weighted by molar-refractivity contribution is 5.86. The van der Waals surface area contributed by atoms with Crippen molar-refractivity contribution in [1.29, 1.82) is 0 Å². The molecule has 1 fully saturated rings. The van der Waals surface area contributed by atoms with Gasteiger partial charge in [0.1, 0.15) is 11.5 Å². The van der Waals surface area contributed by atoms with E-state index in [-0.39, 0.29) is 16.4 Å². The summed E-state index contributed by atoms with van der Waals surface area (Å²) in [6.45, 7) is 17.9. The van der Waals surface area contributed by atoms with E-state index in [2.05, 4.69) is 79.7 Å². The fraction of sp³-hybridized carbons (Fsp3) is 0.576. The van der Waals surface area contributed by atoms with Gasteiger partial charge in [0.15, 0.2) is 0 Å². The van der Waals surface area contributed by atoms with Crippen LogP contribution in [0.3, 0.4) is 0 Å². The van der Waals surface area contributed by atoms with E-state index >= 15 is 0 Å². The summed E-state index contributed by atoms with van der Waals surface area (Å²) in [5.74, 6) is 0.668. The van der Waals surface area contributed by atoms with Gasteiger partial charge in [-0.15, -0.1) is 0 Å². The highest BCUT2D eigenvalue weighted by atomic mass is 16.3. The van der Waals surface area contributed by atoms with Crippen LogP contribution in [0.15, 0.2) is 34.3 Å². The van der Waals surface area contributed by atoms with Crippen molar-refractivity contribution in [3.63, 3.8) is 0 Å². The predicted molar refractivity (Wildman–Crippen MR) is 158 cm³/mol. The standard InChI is InChI=1S/C33H48N2O2/c1-9-23-16-27(31(3,4)5)18-25(29(23)36)20-34-22-33(14-12-11-13-15-33)35-21-26-19-28(32(6,7)8)17-24(10-2)30(26)37/h16-21,36-37H,9-15,22H2,1-8H3. The summed E-state index contributed by atoms with van der Waals surface area (Å²) in [5.41, 5.74) is 5.62. The summed E-state index contributed by atoms with van der Waals surface area (Å²) < 4.78 is 0. The molecule has 2 aromatic carbocycles. The minimum atomic E-state index is -0.282. The molecule has 1 saturated carbocycles. The fourth-order valence-electron chi connectivity index (χ4n) is 5.10. The van der Waals surface area contributed by atoms with E-state index in [1.807, 2.05) is 12.4 Å². The molecule has 0 atom stereocenters. The topological polar surface area (TPSA) is 65.2 Å². The molecule has 0 amide bonds. The van der Waals surface area contributed by atoms with Crippen LogP contribution in [0.2, 0.25) is 0 Å². The van der Waals surface area contributed by atoms with Crippen molar-refractivity contribution in [2.24, 2.45) is 9.98 Å². The van der Waals surface area contributed by atoms with Crippen LogP contribution < -0.4 is 0 Å². The number of hydrogen-bond donors (Lipinski definition) is 2. The lowest BCUT2D eigenvalue weighted by molar-refractivity contribution is 0.309. The van der Waals surface area contributed by atoms with Gasteiger partial charge in [-0.25, -0.2) is 0 Å². The molecule has 0 bridgehead atoms. The lowest BCUT2D eigenvalue weighted by atomic mass is 9.82. The first kappa shape index (κ1) is 28.9. The lowest BCUT2D eigenvalue weighted by Gasteiger charge is -2.32. The van der Waals surface area contributed by atoms with Gasteiger partial charge in [-0.05, 0) is 70.9 Å². The Hall–Kier alpha value is -2.62. The number of phenolic OH excluding ortho intramolecular Hbond substituents is 2. The zero-order chi connectivity index (χ0) is 27.4. The third-order valence-electron chi connectivity index (χ3n) is 7.81. The Morgan fingerprint density at radius 1 is 0.730 bits per heavy atom. The summed E-state index contributed by atoms with van der Waals surface area (Å²) >= 11 is 0. The predicted octanol–water partition coefficient (Wildman–Crippen LogP) is 8.06. The molecule has 0 aliphatic heterocycles. The highest BCUT2D eigenvalue weighted by Gasteiger charge is 2.31. The van der Waals surface area contributed by atoms with Gasteiger partial charge < -0.3 is 10.2 Å². The fourth-order valence-corrected chi connectivity index (χ4v) is 5.10. The van der Waals surface area contributed by atoms with Gasteiger partial charge in [0.05, 0.1) is 12.1 Å². The maximum Gasteiger partial charge on any atom is 0.127 e. The second kappa shape index (κ2) is 11.4. The van der Waals surface area contributed by atoms with Gasteiger partial charge in [0.25, 0.3) is 0 Å². The molecule has 2 N–H and O–H groups in total. The van der Waals surface area contributed by atoms with Crippen molar-refractivity contribution in [3.8, 4) is 11.5 Å². The average molecular weight is 505 g/mol. The second-order valence-electron chi connectivity index (χ2n) is 12.9. The monoisotopic (exact) mass is 504 g/mol. The van der Waals surface area contributed by atoms with Crippen molar-refractivity contribution in [2.45, 2.75) is 117 Å². The number of aryl methyl sites for hydroxylation is 2. The number of hydrogen-bond acceptors (Lipinski definition) is 4. The second-order valence-corrected chi connectivity index (χ2v) is 12.9. The lowest BCUT2D eigenvalue weighted by Crippen LogP contribution is -2.33. The zero-order valence-electron chi connectivity index (χ0n) is 24.4. The van der Waals surface area contributed by atoms with E-state index in [9.17, 15) is 10.2 Å². The molecule has 202 valence electrons. The first-order valence-corrected chi connectivity index (χ1v) is 14.1. The third kappa shape index (κ3) is 7.03. The SMILES string of the molecule is CCc1cc(C(C)(C)C)cc(C=NCC2(N=Cc3cc(C(C)(C)C)cc(CC)c3O)CCCCC2)c1O. The number of rotatable bonds is 7. The minimum Gasteiger partial charge on any atom is -0.507 e. The molecule has 0 spiro atoms. The molecule has 4 heteroatoms. The first-order chi connectivity index (χ1) is 17.3. The maximum atomic E-state index is 10.9. The highest BCUT2D eigenvalue weighted by Crippen LogP contribution is 2.35. The van der Waals surface area contributed by atoms with Gasteiger partial charge in [0, 0.05) is 23.6 Å². The zero-order valence-corrected chi connectivity index (χ0v) is 24.4. The molecular formula is C33H48N2O2. The van der Waals surface area contributed by atoms with Crippen LogP contribution >= 0.6 is 0 Å². The van der Waals surface area contributed by atoms with Crippen LogP contribution in [0.5, 0.6) is 11.5 Å². The van der Waals surface area contributed by atoms with Crippen molar-refractivity contribution in [1.82, 2.24) is 0 Å². The summed E-state index contributed by atoms with van der Waals surface area (Å²) in [6, 6.07) is 8.38. The molecule has 0 radical (unpaired) electrons. The number of aromatic hydroxyl groups is 2. The van der Waals surface area contributed by atoms with Crippen LogP contribution in [0.4, 0.5) is 0 Å². The van der Waals surface area contributed by atoms with E-state index in [0.717, 1.165) is 60.8 Å². The largest absolute Gasteiger partial charge is 0.507 e. The molecule has 37 heavy (non-hydrogen) atoms. The number of nitrogens with zero attached hydrogens (tertiary/aromatic N) is 2. The molecular weight excluding hydrogens is 456 g/mol. The van der Waals surface area contributed by atoms with Gasteiger partial charge in [0.2, 0.25) is 0 Å². The Morgan fingerprint density at radius 3 is 1.62 bits per heavy atom. The number of benzene rings is 2. The smallest absolute Gasteiger partial charge is 0.127 e. The quantitative estimate of drug-likeness (QED) is 0.375. The number of phenols is 2. The molecule has 1 aliphatic rings. The van der Waals surface area contributed by atoms with E-state index in [1.54, 1.807) is 0 Å². The van der Waals surface area contributed by atoms with E-state index in [4.69, 9.17) is 9.98 Å². The molecule has 1 aliphatic carbocycles. The van der Waals surface area contributed by atoms with Crippen molar-refractivity contribution >= 4 is 12.4 Å². The van der Waals surface area contributed by atoms with Crippen molar-refractivity contribution < 1.29 is 10.2 Å².